The summed E-state index contributed by atoms with van der Waals surface area (Å²) >= 11 is 0. The summed E-state index contributed by atoms with van der Waals surface area (Å²) in [5, 5.41) is 17.4. The fourth-order valence-electron chi connectivity index (χ4n) is 1.22. The number of halogens is 1. The van der Waals surface area contributed by atoms with E-state index in [-0.39, 0.29) is 4.90 Å². The van der Waals surface area contributed by atoms with Crippen LogP contribution in [0.2, 0.25) is 0 Å². The maximum absolute atomic E-state index is 13.0. The third-order valence-corrected chi connectivity index (χ3v) is 3.76. The van der Waals surface area contributed by atoms with Crippen molar-refractivity contribution in [2.45, 2.75) is 17.9 Å². The number of sulfonamides is 1. The van der Waals surface area contributed by atoms with Crippen molar-refractivity contribution in [1.29, 1.82) is 0 Å². The summed E-state index contributed by atoms with van der Waals surface area (Å²) in [6.07, 6.45) is -1.85. The first kappa shape index (κ1) is 14.6. The molecule has 18 heavy (non-hydrogen) atoms. The molecule has 1 aromatic rings. The molecule has 0 saturated carbocycles. The van der Waals surface area contributed by atoms with Gasteiger partial charge in [-0.3, -0.25) is 0 Å². The van der Waals surface area contributed by atoms with Gasteiger partial charge < -0.3 is 10.2 Å². The van der Waals surface area contributed by atoms with E-state index in [4.69, 9.17) is 10.2 Å². The van der Waals surface area contributed by atoms with Crippen LogP contribution in [0, 0.1) is 12.7 Å². The quantitative estimate of drug-likeness (QED) is 0.695. The predicted octanol–water partition coefficient (Wildman–Crippen LogP) is -0.142. The van der Waals surface area contributed by atoms with Crippen molar-refractivity contribution in [3.63, 3.8) is 0 Å². The number of benzene rings is 1. The molecule has 1 rings (SSSR count). The van der Waals surface area contributed by atoms with Crippen molar-refractivity contribution in [2.75, 3.05) is 6.54 Å². The maximum atomic E-state index is 13.0. The number of carboxylic acids is 1. The Morgan fingerprint density at radius 3 is 2.67 bits per heavy atom. The topological polar surface area (TPSA) is 104 Å². The lowest BCUT2D eigenvalue weighted by Gasteiger charge is -2.10. The van der Waals surface area contributed by atoms with Crippen LogP contribution in [0.1, 0.15) is 5.56 Å². The molecule has 0 aliphatic heterocycles. The number of hydrogen-bond donors (Lipinski definition) is 3. The molecule has 0 spiro atoms. The van der Waals surface area contributed by atoms with Gasteiger partial charge >= 0.3 is 5.97 Å². The van der Waals surface area contributed by atoms with Gasteiger partial charge in [-0.2, -0.15) is 0 Å². The van der Waals surface area contributed by atoms with Crippen molar-refractivity contribution < 1.29 is 27.8 Å². The van der Waals surface area contributed by atoms with Gasteiger partial charge in [-0.05, 0) is 24.6 Å². The highest BCUT2D eigenvalue weighted by molar-refractivity contribution is 7.89. The normalized spacial score (nSPS) is 13.3. The summed E-state index contributed by atoms with van der Waals surface area (Å²) in [5.74, 6) is -2.27. The molecule has 0 radical (unpaired) electrons. The van der Waals surface area contributed by atoms with E-state index < -0.39 is 34.5 Å². The van der Waals surface area contributed by atoms with Crippen LogP contribution in [0.25, 0.3) is 0 Å². The van der Waals surface area contributed by atoms with Gasteiger partial charge in [0.25, 0.3) is 0 Å². The van der Waals surface area contributed by atoms with Crippen molar-refractivity contribution in [2.24, 2.45) is 0 Å². The van der Waals surface area contributed by atoms with Crippen molar-refractivity contribution in [1.82, 2.24) is 4.72 Å². The van der Waals surface area contributed by atoms with Crippen LogP contribution < -0.4 is 4.72 Å². The number of aryl methyl sites for hydroxylation is 1. The van der Waals surface area contributed by atoms with Gasteiger partial charge in [0.05, 0.1) is 4.90 Å². The first-order valence-electron chi connectivity index (χ1n) is 4.91. The van der Waals surface area contributed by atoms with Gasteiger partial charge in [0, 0.05) is 6.54 Å². The van der Waals surface area contributed by atoms with Gasteiger partial charge in [0.1, 0.15) is 5.82 Å². The molecule has 0 unspecified atom stereocenters. The first-order chi connectivity index (χ1) is 8.24. The summed E-state index contributed by atoms with van der Waals surface area (Å²) in [7, 11) is -4.06. The Morgan fingerprint density at radius 1 is 1.50 bits per heavy atom. The monoisotopic (exact) mass is 277 g/mol. The number of carbonyl (C=O) groups is 1. The van der Waals surface area contributed by atoms with E-state index in [1.54, 1.807) is 0 Å². The summed E-state index contributed by atoms with van der Waals surface area (Å²) in [6.45, 7) is 0.787. The SMILES string of the molecule is Cc1ccc(F)cc1S(=O)(=O)NC[C@H](O)C(=O)O. The van der Waals surface area contributed by atoms with Gasteiger partial charge in [-0.25, -0.2) is 22.3 Å². The molecule has 0 amide bonds. The molecule has 0 aliphatic carbocycles. The molecule has 3 N–H and O–H groups in total. The van der Waals surface area contributed by atoms with Crippen molar-refractivity contribution in [3.05, 3.63) is 29.6 Å². The molecule has 0 aromatic heterocycles. The highest BCUT2D eigenvalue weighted by Gasteiger charge is 2.21. The predicted molar refractivity (Wildman–Crippen MR) is 60.0 cm³/mol. The third kappa shape index (κ3) is 3.49. The van der Waals surface area contributed by atoms with Crippen LogP contribution in [-0.4, -0.2) is 37.2 Å². The van der Waals surface area contributed by atoms with Crippen LogP contribution in [0.5, 0.6) is 0 Å². The molecule has 0 saturated heterocycles. The minimum Gasteiger partial charge on any atom is -0.479 e. The Balaban J connectivity index is 2.93. The van der Waals surface area contributed by atoms with E-state index in [1.807, 2.05) is 4.72 Å². The second-order valence-electron chi connectivity index (χ2n) is 3.62. The number of rotatable bonds is 5. The first-order valence-corrected chi connectivity index (χ1v) is 6.39. The number of aliphatic hydroxyl groups excluding tert-OH is 1. The molecule has 1 aromatic carbocycles. The summed E-state index contributed by atoms with van der Waals surface area (Å²) in [5.41, 5.74) is 0.314. The smallest absolute Gasteiger partial charge is 0.333 e. The number of nitrogens with one attached hydrogen (secondary N) is 1. The second-order valence-corrected chi connectivity index (χ2v) is 5.35. The van der Waals surface area contributed by atoms with Gasteiger partial charge in [-0.15, -0.1) is 0 Å². The highest BCUT2D eigenvalue weighted by atomic mass is 32.2. The fourth-order valence-corrected chi connectivity index (χ4v) is 2.51. The van der Waals surface area contributed by atoms with Crippen molar-refractivity contribution >= 4 is 16.0 Å². The highest BCUT2D eigenvalue weighted by Crippen LogP contribution is 2.15. The van der Waals surface area contributed by atoms with Crippen LogP contribution in [-0.2, 0) is 14.8 Å². The minimum absolute atomic E-state index is 0.292. The zero-order valence-corrected chi connectivity index (χ0v) is 10.2. The lowest BCUT2D eigenvalue weighted by molar-refractivity contribution is -0.146. The third-order valence-electron chi connectivity index (χ3n) is 2.19. The standard InChI is InChI=1S/C10H12FNO5S/c1-6-2-3-7(11)4-9(6)18(16,17)12-5-8(13)10(14)15/h2-4,8,12-13H,5H2,1H3,(H,14,15)/t8-/m0/s1. The van der Waals surface area contributed by atoms with E-state index in [2.05, 4.69) is 0 Å². The number of hydrogen-bond acceptors (Lipinski definition) is 4. The Bertz CT molecular complexity index is 557. The summed E-state index contributed by atoms with van der Waals surface area (Å²) in [6, 6.07) is 3.22. The lowest BCUT2D eigenvalue weighted by Crippen LogP contribution is -2.36. The molecule has 0 bridgehead atoms. The largest absolute Gasteiger partial charge is 0.479 e. The molecule has 100 valence electrons. The van der Waals surface area contributed by atoms with Crippen LogP contribution in [0.15, 0.2) is 23.1 Å². The van der Waals surface area contributed by atoms with Gasteiger partial charge in [0.2, 0.25) is 10.0 Å². The van der Waals surface area contributed by atoms with E-state index in [0.717, 1.165) is 12.1 Å². The van der Waals surface area contributed by atoms with Gasteiger partial charge in [0.15, 0.2) is 6.10 Å². The maximum Gasteiger partial charge on any atom is 0.333 e. The Morgan fingerprint density at radius 2 is 2.11 bits per heavy atom. The number of aliphatic hydroxyl groups is 1. The van der Waals surface area contributed by atoms with E-state index in [9.17, 15) is 17.6 Å². The molecule has 0 heterocycles. The molecule has 0 aliphatic rings. The Kier molecular flexibility index (Phi) is 4.38. The summed E-state index contributed by atoms with van der Waals surface area (Å²) in [4.78, 5) is 10.0. The Hall–Kier alpha value is -1.51. The molecule has 6 nitrogen and oxygen atoms in total. The second kappa shape index (κ2) is 5.42. The number of carboxylic acid groups (broad SMARTS) is 1. The zero-order valence-electron chi connectivity index (χ0n) is 9.42. The van der Waals surface area contributed by atoms with Gasteiger partial charge in [-0.1, -0.05) is 6.07 Å². The molecule has 0 fully saturated rings. The zero-order chi connectivity index (χ0) is 13.9. The van der Waals surface area contributed by atoms with E-state index >= 15 is 0 Å². The Labute approximate surface area is 103 Å². The van der Waals surface area contributed by atoms with Crippen LogP contribution in [0.3, 0.4) is 0 Å². The van der Waals surface area contributed by atoms with Crippen LogP contribution >= 0.6 is 0 Å². The molecular formula is C10H12FNO5S. The lowest BCUT2D eigenvalue weighted by atomic mass is 10.2. The van der Waals surface area contributed by atoms with E-state index in [1.165, 1.54) is 13.0 Å². The van der Waals surface area contributed by atoms with Crippen molar-refractivity contribution in [3.8, 4) is 0 Å². The van der Waals surface area contributed by atoms with Crippen LogP contribution in [0.4, 0.5) is 4.39 Å². The average molecular weight is 277 g/mol. The minimum atomic E-state index is -4.06. The van der Waals surface area contributed by atoms with E-state index in [0.29, 0.717) is 5.56 Å². The fraction of sp³-hybridized carbons (Fsp3) is 0.300. The molecular weight excluding hydrogens is 265 g/mol. The molecule has 8 heteroatoms. The average Bonchev–Trinajstić information content (AvgIpc) is 2.29. The summed E-state index contributed by atoms with van der Waals surface area (Å²) < 4.78 is 38.4. The number of aliphatic carboxylic acids is 1. The molecule has 1 atom stereocenters.